The third-order valence-corrected chi connectivity index (χ3v) is 4.79. The van der Waals surface area contributed by atoms with Crippen LogP contribution in [0.4, 0.5) is 0 Å². The molecule has 0 spiro atoms. The number of hydrogen-bond donors (Lipinski definition) is 2. The second-order valence-electron chi connectivity index (χ2n) is 6.79. The van der Waals surface area contributed by atoms with E-state index in [2.05, 4.69) is 22.4 Å². The van der Waals surface area contributed by atoms with Crippen LogP contribution in [-0.2, 0) is 16.0 Å². The topological polar surface area (TPSA) is 67.0 Å². The van der Waals surface area contributed by atoms with Gasteiger partial charge in [0, 0.05) is 6.61 Å². The lowest BCUT2D eigenvalue weighted by atomic mass is 10.0. The van der Waals surface area contributed by atoms with Crippen LogP contribution in [0.5, 0.6) is 0 Å². The summed E-state index contributed by atoms with van der Waals surface area (Å²) in [6, 6.07) is 17.9. The fourth-order valence-electron chi connectivity index (χ4n) is 3.47. The van der Waals surface area contributed by atoms with Gasteiger partial charge >= 0.3 is 0 Å². The molecule has 2 N–H and O–H groups in total. The van der Waals surface area contributed by atoms with Crippen LogP contribution in [0.2, 0.25) is 0 Å². The Morgan fingerprint density at radius 1 is 1.19 bits per heavy atom. The average molecular weight is 349 g/mol. The molecule has 1 amide bonds. The molecular formula is C21H23N3O2. The van der Waals surface area contributed by atoms with Gasteiger partial charge in [0.2, 0.25) is 5.91 Å². The molecule has 3 aromatic rings. The van der Waals surface area contributed by atoms with Gasteiger partial charge in [0.05, 0.1) is 29.6 Å². The monoisotopic (exact) mass is 349 g/mol. The largest absolute Gasteiger partial charge is 0.378 e. The highest BCUT2D eigenvalue weighted by molar-refractivity contribution is 5.78. The molecule has 0 unspecified atom stereocenters. The number of fused-ring (bicyclic) bond motifs is 1. The van der Waals surface area contributed by atoms with E-state index in [1.807, 2.05) is 42.5 Å². The summed E-state index contributed by atoms with van der Waals surface area (Å²) in [7, 11) is 0. The molecule has 2 atom stereocenters. The van der Waals surface area contributed by atoms with E-state index < -0.39 is 0 Å². The predicted molar refractivity (Wildman–Crippen MR) is 101 cm³/mol. The maximum absolute atomic E-state index is 12.6. The van der Waals surface area contributed by atoms with Gasteiger partial charge in [-0.05, 0) is 37.0 Å². The Balaban J connectivity index is 1.55. The van der Waals surface area contributed by atoms with Crippen molar-refractivity contribution in [1.82, 2.24) is 15.3 Å². The lowest BCUT2D eigenvalue weighted by molar-refractivity contribution is -0.124. The smallest absolute Gasteiger partial charge is 0.223 e. The van der Waals surface area contributed by atoms with E-state index in [1.54, 1.807) is 0 Å². The Hall–Kier alpha value is -2.66. The van der Waals surface area contributed by atoms with Gasteiger partial charge in [0.15, 0.2) is 0 Å². The lowest BCUT2D eigenvalue weighted by Gasteiger charge is -2.18. The number of nitrogens with zero attached hydrogens (tertiary/aromatic N) is 1. The van der Waals surface area contributed by atoms with E-state index in [0.717, 1.165) is 41.9 Å². The number of hydrogen-bond acceptors (Lipinski definition) is 3. The Morgan fingerprint density at radius 2 is 2.00 bits per heavy atom. The molecule has 0 bridgehead atoms. The molecule has 0 aliphatic carbocycles. The van der Waals surface area contributed by atoms with E-state index in [4.69, 9.17) is 9.72 Å². The summed E-state index contributed by atoms with van der Waals surface area (Å²) >= 11 is 0. The maximum atomic E-state index is 12.6. The molecule has 1 aliphatic heterocycles. The number of para-hydroxylation sites is 2. The van der Waals surface area contributed by atoms with Crippen molar-refractivity contribution in [3.05, 3.63) is 66.0 Å². The zero-order chi connectivity index (χ0) is 17.8. The summed E-state index contributed by atoms with van der Waals surface area (Å²) in [5.41, 5.74) is 3.05. The van der Waals surface area contributed by atoms with Gasteiger partial charge in [-0.15, -0.1) is 0 Å². The molecule has 134 valence electrons. The summed E-state index contributed by atoms with van der Waals surface area (Å²) < 4.78 is 5.59. The van der Waals surface area contributed by atoms with E-state index in [0.29, 0.717) is 12.8 Å². The zero-order valence-corrected chi connectivity index (χ0v) is 14.7. The second kappa shape index (κ2) is 7.70. The van der Waals surface area contributed by atoms with Gasteiger partial charge in [-0.1, -0.05) is 42.5 Å². The summed E-state index contributed by atoms with van der Waals surface area (Å²) in [5, 5.41) is 3.16. The number of aromatic nitrogens is 2. The van der Waals surface area contributed by atoms with E-state index in [9.17, 15) is 4.79 Å². The number of ether oxygens (including phenoxy) is 1. The van der Waals surface area contributed by atoms with Crippen molar-refractivity contribution < 1.29 is 9.53 Å². The van der Waals surface area contributed by atoms with Crippen molar-refractivity contribution in [1.29, 1.82) is 0 Å². The first kappa shape index (κ1) is 16.8. The Labute approximate surface area is 152 Å². The molecule has 26 heavy (non-hydrogen) atoms. The summed E-state index contributed by atoms with van der Waals surface area (Å²) in [6.45, 7) is 0.759. The van der Waals surface area contributed by atoms with Crippen LogP contribution in [0.25, 0.3) is 11.0 Å². The van der Waals surface area contributed by atoms with Crippen molar-refractivity contribution in [3.63, 3.8) is 0 Å². The highest BCUT2D eigenvalue weighted by Gasteiger charge is 2.23. The third kappa shape index (κ3) is 3.94. The maximum Gasteiger partial charge on any atom is 0.223 e. The molecule has 1 saturated heterocycles. The van der Waals surface area contributed by atoms with Crippen molar-refractivity contribution in [3.8, 4) is 0 Å². The number of nitrogens with one attached hydrogen (secondary N) is 2. The summed E-state index contributed by atoms with van der Waals surface area (Å²) in [5.74, 6) is 0.800. The highest BCUT2D eigenvalue weighted by Crippen LogP contribution is 2.21. The Kier molecular flexibility index (Phi) is 4.97. The van der Waals surface area contributed by atoms with Gasteiger partial charge < -0.3 is 15.0 Å². The normalized spacial score (nSPS) is 18.1. The van der Waals surface area contributed by atoms with E-state index >= 15 is 0 Å². The first-order chi connectivity index (χ1) is 12.8. The van der Waals surface area contributed by atoms with Crippen LogP contribution in [-0.4, -0.2) is 28.6 Å². The molecule has 1 aliphatic rings. The minimum Gasteiger partial charge on any atom is -0.378 e. The fraction of sp³-hybridized carbons (Fsp3) is 0.333. The van der Waals surface area contributed by atoms with Crippen molar-refractivity contribution in [2.24, 2.45) is 0 Å². The minimum atomic E-state index is -0.196. The third-order valence-electron chi connectivity index (χ3n) is 4.79. The van der Waals surface area contributed by atoms with Crippen LogP contribution >= 0.6 is 0 Å². The quantitative estimate of drug-likeness (QED) is 0.715. The van der Waals surface area contributed by atoms with Crippen molar-refractivity contribution >= 4 is 16.9 Å². The number of H-pyrrole nitrogens is 1. The van der Waals surface area contributed by atoms with Crippen LogP contribution < -0.4 is 5.32 Å². The lowest BCUT2D eigenvalue weighted by Crippen LogP contribution is -2.33. The summed E-state index contributed by atoms with van der Waals surface area (Å²) in [6.07, 6.45) is 3.14. The zero-order valence-electron chi connectivity index (χ0n) is 14.7. The Bertz CT molecular complexity index is 836. The number of rotatable bonds is 6. The van der Waals surface area contributed by atoms with Crippen LogP contribution in [0.1, 0.15) is 36.7 Å². The highest BCUT2D eigenvalue weighted by atomic mass is 16.5. The number of imidazole rings is 1. The molecule has 5 nitrogen and oxygen atoms in total. The molecule has 0 saturated carbocycles. The summed E-state index contributed by atoms with van der Waals surface area (Å²) in [4.78, 5) is 20.6. The van der Waals surface area contributed by atoms with E-state index in [-0.39, 0.29) is 18.1 Å². The molecule has 1 aromatic heterocycles. The minimum absolute atomic E-state index is 0.0123. The van der Waals surface area contributed by atoms with Crippen molar-refractivity contribution in [2.45, 2.75) is 37.8 Å². The Morgan fingerprint density at radius 3 is 2.77 bits per heavy atom. The fourth-order valence-corrected chi connectivity index (χ4v) is 3.47. The van der Waals surface area contributed by atoms with Crippen LogP contribution in [0, 0.1) is 0 Å². The number of carbonyl (C=O) groups is 1. The van der Waals surface area contributed by atoms with Gasteiger partial charge in [0.25, 0.3) is 0 Å². The molecule has 0 radical (unpaired) electrons. The number of benzene rings is 2. The predicted octanol–water partition coefficient (Wildman–Crippen LogP) is 3.53. The van der Waals surface area contributed by atoms with E-state index in [1.165, 1.54) is 0 Å². The standard InChI is InChI=1S/C21H23N3O2/c25-20(14-16-9-6-12-26-16)22-19(13-15-7-2-1-3-8-15)21-23-17-10-4-5-11-18(17)24-21/h1-5,7-8,10-11,16,19H,6,9,12-14H2,(H,22,25)(H,23,24)/t16-,19+/m1/s1. The number of amides is 1. The molecule has 5 heteroatoms. The average Bonchev–Trinajstić information content (AvgIpc) is 3.31. The molecule has 2 aromatic carbocycles. The van der Waals surface area contributed by atoms with Gasteiger partial charge in [-0.3, -0.25) is 4.79 Å². The van der Waals surface area contributed by atoms with Gasteiger partial charge in [-0.25, -0.2) is 4.98 Å². The molecule has 4 rings (SSSR count). The van der Waals surface area contributed by atoms with Crippen LogP contribution in [0.15, 0.2) is 54.6 Å². The van der Waals surface area contributed by atoms with Gasteiger partial charge in [0.1, 0.15) is 5.82 Å². The molecule has 1 fully saturated rings. The van der Waals surface area contributed by atoms with Crippen molar-refractivity contribution in [2.75, 3.05) is 6.61 Å². The first-order valence-corrected chi connectivity index (χ1v) is 9.17. The molecular weight excluding hydrogens is 326 g/mol. The van der Waals surface area contributed by atoms with Crippen LogP contribution in [0.3, 0.4) is 0 Å². The molecule has 2 heterocycles. The SMILES string of the molecule is O=C(C[C@H]1CCCO1)N[C@@H](Cc1ccccc1)c1nc2ccccc2[nH]1. The number of carbonyl (C=O) groups excluding carboxylic acids is 1. The van der Waals surface area contributed by atoms with Gasteiger partial charge in [-0.2, -0.15) is 0 Å². The number of aromatic amines is 1. The second-order valence-corrected chi connectivity index (χ2v) is 6.79. The first-order valence-electron chi connectivity index (χ1n) is 9.17.